The van der Waals surface area contributed by atoms with Crippen molar-refractivity contribution in [1.82, 2.24) is 15.0 Å². The van der Waals surface area contributed by atoms with Crippen molar-refractivity contribution in [3.8, 4) is 5.75 Å². The lowest BCUT2D eigenvalue weighted by Crippen LogP contribution is -1.91. The van der Waals surface area contributed by atoms with E-state index in [0.717, 1.165) is 43.4 Å². The van der Waals surface area contributed by atoms with Gasteiger partial charge in [0.15, 0.2) is 5.16 Å². The second kappa shape index (κ2) is 5.59. The van der Waals surface area contributed by atoms with E-state index in [9.17, 15) is 0 Å². The number of pyridine rings is 1. The Hall–Kier alpha value is -2.53. The van der Waals surface area contributed by atoms with Crippen molar-refractivity contribution < 1.29 is 4.74 Å². The number of para-hydroxylation sites is 3. The predicted octanol–water partition coefficient (Wildman–Crippen LogP) is 4.58. The molecule has 0 amide bonds. The quantitative estimate of drug-likeness (QED) is 0.600. The lowest BCUT2D eigenvalue weighted by atomic mass is 10.2. The van der Waals surface area contributed by atoms with Gasteiger partial charge in [-0.1, -0.05) is 36.0 Å². The Kier molecular flexibility index (Phi) is 3.42. The zero-order chi connectivity index (χ0) is 15.8. The highest BCUT2D eigenvalue weighted by atomic mass is 32.2. The molecular weight excluding hydrogens is 306 g/mol. The molecule has 4 aromatic rings. The first-order valence-corrected chi connectivity index (χ1v) is 8.13. The van der Waals surface area contributed by atoms with E-state index in [1.165, 1.54) is 0 Å². The number of aromatic amines is 1. The standard InChI is InChI=1S/C18H15N3OS/c1-11-10-16(12-6-5-9-15(22-2)17(12)19-11)23-18-20-13-7-3-4-8-14(13)21-18/h3-10H,1-2H3,(H,20,21). The Bertz CT molecular complexity index is 977. The molecule has 0 radical (unpaired) electrons. The zero-order valence-corrected chi connectivity index (χ0v) is 13.6. The van der Waals surface area contributed by atoms with Gasteiger partial charge in [-0.2, -0.15) is 0 Å². The normalized spacial score (nSPS) is 11.2. The molecule has 0 aliphatic carbocycles. The van der Waals surface area contributed by atoms with Crippen LogP contribution in [0.2, 0.25) is 0 Å². The van der Waals surface area contributed by atoms with Crippen LogP contribution < -0.4 is 4.74 Å². The van der Waals surface area contributed by atoms with E-state index in [1.54, 1.807) is 18.9 Å². The van der Waals surface area contributed by atoms with Gasteiger partial charge >= 0.3 is 0 Å². The number of aromatic nitrogens is 3. The van der Waals surface area contributed by atoms with Gasteiger partial charge in [-0.3, -0.25) is 0 Å². The Labute approximate surface area is 137 Å². The van der Waals surface area contributed by atoms with Crippen LogP contribution in [0.15, 0.2) is 58.6 Å². The van der Waals surface area contributed by atoms with Crippen LogP contribution in [0.5, 0.6) is 5.75 Å². The molecule has 0 aliphatic rings. The molecule has 4 rings (SSSR count). The molecule has 0 fully saturated rings. The maximum absolute atomic E-state index is 5.44. The summed E-state index contributed by atoms with van der Waals surface area (Å²) in [6, 6.07) is 16.1. The van der Waals surface area contributed by atoms with Crippen molar-refractivity contribution in [3.63, 3.8) is 0 Å². The van der Waals surface area contributed by atoms with E-state index in [2.05, 4.69) is 27.1 Å². The van der Waals surface area contributed by atoms with Crippen molar-refractivity contribution >= 4 is 33.7 Å². The molecular formula is C18H15N3OS. The molecule has 0 atom stereocenters. The molecule has 23 heavy (non-hydrogen) atoms. The van der Waals surface area contributed by atoms with Gasteiger partial charge in [0.2, 0.25) is 0 Å². The fraction of sp³-hybridized carbons (Fsp3) is 0.111. The SMILES string of the molecule is COc1cccc2c(Sc3nc4ccccc4[nH]3)cc(C)nc12. The molecule has 0 spiro atoms. The third-order valence-corrected chi connectivity index (χ3v) is 4.63. The van der Waals surface area contributed by atoms with Crippen molar-refractivity contribution in [1.29, 1.82) is 0 Å². The summed E-state index contributed by atoms with van der Waals surface area (Å²) in [5, 5.41) is 1.95. The van der Waals surface area contributed by atoms with Gasteiger partial charge in [0, 0.05) is 16.0 Å². The number of methoxy groups -OCH3 is 1. The third-order valence-electron chi connectivity index (χ3n) is 3.69. The minimum atomic E-state index is 0.789. The van der Waals surface area contributed by atoms with Gasteiger partial charge in [0.25, 0.3) is 0 Å². The van der Waals surface area contributed by atoms with Crippen molar-refractivity contribution in [2.75, 3.05) is 7.11 Å². The summed E-state index contributed by atoms with van der Waals surface area (Å²) in [5.74, 6) is 0.789. The number of fused-ring (bicyclic) bond motifs is 2. The number of hydrogen-bond acceptors (Lipinski definition) is 4. The monoisotopic (exact) mass is 321 g/mol. The van der Waals surface area contributed by atoms with E-state index in [-0.39, 0.29) is 0 Å². The van der Waals surface area contributed by atoms with Gasteiger partial charge in [0.05, 0.1) is 18.1 Å². The smallest absolute Gasteiger partial charge is 0.171 e. The minimum absolute atomic E-state index is 0.789. The van der Waals surface area contributed by atoms with Crippen LogP contribution in [-0.4, -0.2) is 22.1 Å². The summed E-state index contributed by atoms with van der Waals surface area (Å²) in [6.45, 7) is 1.99. The summed E-state index contributed by atoms with van der Waals surface area (Å²) < 4.78 is 5.44. The largest absolute Gasteiger partial charge is 0.494 e. The number of rotatable bonds is 3. The van der Waals surface area contributed by atoms with Crippen LogP contribution in [0.25, 0.3) is 21.9 Å². The summed E-state index contributed by atoms with van der Waals surface area (Å²) in [5.41, 5.74) is 3.86. The number of imidazole rings is 1. The molecule has 0 unspecified atom stereocenters. The second-order valence-electron chi connectivity index (χ2n) is 5.28. The summed E-state index contributed by atoms with van der Waals surface area (Å²) in [4.78, 5) is 13.7. The second-order valence-corrected chi connectivity index (χ2v) is 6.31. The van der Waals surface area contributed by atoms with Crippen molar-refractivity contribution in [3.05, 3.63) is 54.2 Å². The first-order valence-electron chi connectivity index (χ1n) is 7.31. The number of aryl methyl sites for hydroxylation is 1. The summed E-state index contributed by atoms with van der Waals surface area (Å²) in [7, 11) is 1.67. The molecule has 0 saturated heterocycles. The van der Waals surface area contributed by atoms with Crippen LogP contribution in [0, 0.1) is 6.92 Å². The van der Waals surface area contributed by atoms with E-state index >= 15 is 0 Å². The van der Waals surface area contributed by atoms with Gasteiger partial charge in [-0.05, 0) is 31.2 Å². The Balaban J connectivity index is 1.84. The molecule has 114 valence electrons. The highest BCUT2D eigenvalue weighted by molar-refractivity contribution is 7.99. The number of H-pyrrole nitrogens is 1. The zero-order valence-electron chi connectivity index (χ0n) is 12.8. The Morgan fingerprint density at radius 1 is 1.04 bits per heavy atom. The number of hydrogen-bond donors (Lipinski definition) is 1. The van der Waals surface area contributed by atoms with Gasteiger partial charge < -0.3 is 9.72 Å². The van der Waals surface area contributed by atoms with E-state index in [0.29, 0.717) is 0 Å². The Morgan fingerprint density at radius 2 is 1.91 bits per heavy atom. The van der Waals surface area contributed by atoms with Crippen molar-refractivity contribution in [2.24, 2.45) is 0 Å². The van der Waals surface area contributed by atoms with Crippen LogP contribution in [-0.2, 0) is 0 Å². The molecule has 0 aliphatic heterocycles. The number of ether oxygens (including phenoxy) is 1. The predicted molar refractivity (Wildman–Crippen MR) is 93.2 cm³/mol. The highest BCUT2D eigenvalue weighted by Gasteiger charge is 2.11. The molecule has 5 heteroatoms. The lowest BCUT2D eigenvalue weighted by Gasteiger charge is -2.09. The summed E-state index contributed by atoms with van der Waals surface area (Å²) in [6.07, 6.45) is 0. The molecule has 0 bridgehead atoms. The van der Waals surface area contributed by atoms with Crippen LogP contribution in [0.3, 0.4) is 0 Å². The van der Waals surface area contributed by atoms with Crippen LogP contribution in [0.1, 0.15) is 5.69 Å². The van der Waals surface area contributed by atoms with Crippen molar-refractivity contribution in [2.45, 2.75) is 17.0 Å². The number of nitrogens with zero attached hydrogens (tertiary/aromatic N) is 2. The third kappa shape index (κ3) is 2.53. The molecule has 0 saturated carbocycles. The van der Waals surface area contributed by atoms with Gasteiger partial charge in [-0.15, -0.1) is 0 Å². The maximum Gasteiger partial charge on any atom is 0.171 e. The van der Waals surface area contributed by atoms with Gasteiger partial charge in [-0.25, -0.2) is 9.97 Å². The lowest BCUT2D eigenvalue weighted by molar-refractivity contribution is 0.419. The molecule has 4 nitrogen and oxygen atoms in total. The molecule has 2 heterocycles. The highest BCUT2D eigenvalue weighted by Crippen LogP contribution is 2.35. The average molecular weight is 321 g/mol. The first kappa shape index (κ1) is 14.1. The summed E-state index contributed by atoms with van der Waals surface area (Å²) >= 11 is 1.61. The van der Waals surface area contributed by atoms with E-state index in [4.69, 9.17) is 4.74 Å². The van der Waals surface area contributed by atoms with Crippen LogP contribution in [0.4, 0.5) is 0 Å². The molecule has 2 aromatic heterocycles. The Morgan fingerprint density at radius 3 is 2.74 bits per heavy atom. The maximum atomic E-state index is 5.44. The number of benzene rings is 2. The van der Waals surface area contributed by atoms with E-state index in [1.807, 2.05) is 43.3 Å². The first-order chi connectivity index (χ1) is 11.2. The minimum Gasteiger partial charge on any atom is -0.494 e. The van der Waals surface area contributed by atoms with Crippen LogP contribution >= 0.6 is 11.8 Å². The van der Waals surface area contributed by atoms with E-state index < -0.39 is 0 Å². The molecule has 2 aromatic carbocycles. The molecule has 1 N–H and O–H groups in total. The fourth-order valence-electron chi connectivity index (χ4n) is 2.64. The fourth-order valence-corrected chi connectivity index (χ4v) is 3.66. The van der Waals surface area contributed by atoms with Gasteiger partial charge in [0.1, 0.15) is 11.3 Å². The topological polar surface area (TPSA) is 50.8 Å². The average Bonchev–Trinajstić information content (AvgIpc) is 2.96. The number of nitrogens with one attached hydrogen (secondary N) is 1.